The molecule has 0 aromatic carbocycles. The third kappa shape index (κ3) is 4.42. The second-order valence-electron chi connectivity index (χ2n) is 7.69. The number of amides is 1. The zero-order chi connectivity index (χ0) is 22.3. The van der Waals surface area contributed by atoms with E-state index in [1.165, 1.54) is 22.9 Å². The van der Waals surface area contributed by atoms with Crippen molar-refractivity contribution in [1.82, 2.24) is 25.5 Å². The molecule has 4 rings (SSSR count). The normalized spacial score (nSPS) is 25.0. The van der Waals surface area contributed by atoms with E-state index in [-0.39, 0.29) is 42.3 Å². The van der Waals surface area contributed by atoms with Crippen LogP contribution in [-0.4, -0.2) is 51.1 Å². The lowest BCUT2D eigenvalue weighted by molar-refractivity contribution is -0.112. The number of aryl methyl sites for hydroxylation is 1. The predicted octanol–water partition coefficient (Wildman–Crippen LogP) is 1.36. The lowest BCUT2D eigenvalue weighted by Gasteiger charge is -2.35. The summed E-state index contributed by atoms with van der Waals surface area (Å²) in [5.74, 6) is -2.91. The van der Waals surface area contributed by atoms with Crippen LogP contribution in [0.25, 0.3) is 0 Å². The van der Waals surface area contributed by atoms with E-state index in [4.69, 9.17) is 5.73 Å². The first kappa shape index (κ1) is 21.3. The van der Waals surface area contributed by atoms with Crippen molar-refractivity contribution in [3.05, 3.63) is 35.6 Å². The SMILES string of the molecule is Cn1cc(NC(=O)C2=C3N=C(N[C@H]4CC(F)(F)CC[C@H]4N)C=CN3NC2)c(C(F)F)n1. The second-order valence-corrected chi connectivity index (χ2v) is 7.69. The van der Waals surface area contributed by atoms with Gasteiger partial charge in [-0.05, 0) is 12.5 Å². The summed E-state index contributed by atoms with van der Waals surface area (Å²) in [5.41, 5.74) is 8.47. The maximum absolute atomic E-state index is 13.8. The predicted molar refractivity (Wildman–Crippen MR) is 104 cm³/mol. The van der Waals surface area contributed by atoms with Crippen LogP contribution in [0.1, 0.15) is 31.4 Å². The number of hydrogen-bond acceptors (Lipinski definition) is 7. The Bertz CT molecular complexity index is 970. The third-order valence-corrected chi connectivity index (χ3v) is 5.33. The number of hydrazine groups is 1. The molecule has 0 radical (unpaired) electrons. The van der Waals surface area contributed by atoms with E-state index in [1.807, 2.05) is 0 Å². The van der Waals surface area contributed by atoms with Crippen LogP contribution >= 0.6 is 0 Å². The van der Waals surface area contributed by atoms with E-state index >= 15 is 0 Å². The minimum absolute atomic E-state index is 0.0989. The van der Waals surface area contributed by atoms with Crippen LogP contribution in [0.3, 0.4) is 0 Å². The fraction of sp³-hybridized carbons (Fsp3) is 0.500. The molecule has 31 heavy (non-hydrogen) atoms. The third-order valence-electron chi connectivity index (χ3n) is 5.33. The number of aliphatic imine (C=N–C) groups is 1. The molecule has 1 saturated carbocycles. The summed E-state index contributed by atoms with van der Waals surface area (Å²) in [6.45, 7) is 0.105. The molecule has 0 unspecified atom stereocenters. The van der Waals surface area contributed by atoms with E-state index < -0.39 is 42.5 Å². The lowest BCUT2D eigenvalue weighted by atomic mass is 9.88. The number of rotatable bonds is 4. The molecule has 1 amide bonds. The number of alkyl halides is 4. The van der Waals surface area contributed by atoms with Crippen molar-refractivity contribution in [1.29, 1.82) is 0 Å². The van der Waals surface area contributed by atoms with Crippen molar-refractivity contribution >= 4 is 17.4 Å². The zero-order valence-corrected chi connectivity index (χ0v) is 16.6. The topological polar surface area (TPSA) is 113 Å². The van der Waals surface area contributed by atoms with E-state index in [0.717, 1.165) is 0 Å². The first-order chi connectivity index (χ1) is 14.6. The molecule has 1 aromatic heterocycles. The summed E-state index contributed by atoms with van der Waals surface area (Å²) in [4.78, 5) is 17.1. The van der Waals surface area contributed by atoms with Gasteiger partial charge in [-0.15, -0.1) is 0 Å². The maximum Gasteiger partial charge on any atom is 0.284 e. The standard InChI is InChI=1S/C18H22F4N8O/c1-29-8-12(14(28-29)15(19)20)26-17(31)9-7-24-30-5-3-13(27-16(9)30)25-11-6-18(21,22)4-2-10(11)23/h3,5,8,10-11,15,24H,2,4,6-7,23H2,1H3,(H,25,27)(H,26,31)/t10-,11+/m1/s1. The molecule has 1 aliphatic carbocycles. The molecule has 13 heteroatoms. The Morgan fingerprint density at radius 1 is 1.42 bits per heavy atom. The summed E-state index contributed by atoms with van der Waals surface area (Å²) in [6, 6.07) is -1.12. The minimum Gasteiger partial charge on any atom is -0.365 e. The van der Waals surface area contributed by atoms with E-state index in [1.54, 1.807) is 12.3 Å². The van der Waals surface area contributed by atoms with Gasteiger partial charge in [-0.2, -0.15) is 5.10 Å². The van der Waals surface area contributed by atoms with Crippen molar-refractivity contribution in [3.63, 3.8) is 0 Å². The Kier molecular flexibility index (Phi) is 5.47. The molecule has 3 heterocycles. The van der Waals surface area contributed by atoms with Gasteiger partial charge in [-0.1, -0.05) is 0 Å². The number of nitrogens with two attached hydrogens (primary N) is 1. The molecule has 2 aliphatic heterocycles. The number of nitrogens with zero attached hydrogens (tertiary/aromatic N) is 4. The highest BCUT2D eigenvalue weighted by molar-refractivity contribution is 6.06. The Morgan fingerprint density at radius 2 is 2.19 bits per heavy atom. The van der Waals surface area contributed by atoms with Crippen LogP contribution in [0.4, 0.5) is 23.2 Å². The van der Waals surface area contributed by atoms with E-state index in [0.29, 0.717) is 0 Å². The number of carbonyl (C=O) groups excluding carboxylic acids is 1. The summed E-state index contributed by atoms with van der Waals surface area (Å²) >= 11 is 0. The number of hydrogen-bond donors (Lipinski definition) is 4. The molecule has 0 saturated heterocycles. The smallest absolute Gasteiger partial charge is 0.284 e. The zero-order valence-electron chi connectivity index (χ0n) is 16.6. The van der Waals surface area contributed by atoms with Gasteiger partial charge in [0.1, 0.15) is 5.84 Å². The fourth-order valence-corrected chi connectivity index (χ4v) is 3.73. The second kappa shape index (κ2) is 7.96. The average molecular weight is 442 g/mol. The lowest BCUT2D eigenvalue weighted by Crippen LogP contribution is -2.53. The highest BCUT2D eigenvalue weighted by Crippen LogP contribution is 2.33. The van der Waals surface area contributed by atoms with Crippen LogP contribution in [-0.2, 0) is 11.8 Å². The van der Waals surface area contributed by atoms with Crippen molar-refractivity contribution in [2.45, 2.75) is 43.7 Å². The highest BCUT2D eigenvalue weighted by Gasteiger charge is 2.40. The molecular weight excluding hydrogens is 420 g/mol. The Balaban J connectivity index is 1.53. The number of halogens is 4. The van der Waals surface area contributed by atoms with Gasteiger partial charge < -0.3 is 16.4 Å². The van der Waals surface area contributed by atoms with Crippen LogP contribution < -0.4 is 21.8 Å². The van der Waals surface area contributed by atoms with Crippen LogP contribution in [0.5, 0.6) is 0 Å². The monoisotopic (exact) mass is 442 g/mol. The van der Waals surface area contributed by atoms with Crippen LogP contribution in [0, 0.1) is 0 Å². The Labute approximate surface area is 175 Å². The average Bonchev–Trinajstić information content (AvgIpc) is 3.27. The molecule has 0 bridgehead atoms. The van der Waals surface area contributed by atoms with Gasteiger partial charge in [0.05, 0.1) is 11.3 Å². The van der Waals surface area contributed by atoms with E-state index in [9.17, 15) is 22.4 Å². The fourth-order valence-electron chi connectivity index (χ4n) is 3.73. The van der Waals surface area contributed by atoms with Crippen molar-refractivity contribution in [2.75, 3.05) is 11.9 Å². The van der Waals surface area contributed by atoms with E-state index in [2.05, 4.69) is 26.2 Å². The molecule has 1 aromatic rings. The first-order valence-electron chi connectivity index (χ1n) is 9.69. The molecule has 3 aliphatic rings. The quantitative estimate of drug-likeness (QED) is 0.524. The van der Waals surface area contributed by atoms with Gasteiger partial charge in [-0.3, -0.25) is 14.5 Å². The van der Waals surface area contributed by atoms with Crippen LogP contribution in [0.15, 0.2) is 34.9 Å². The van der Waals surface area contributed by atoms with Crippen LogP contribution in [0.2, 0.25) is 0 Å². The van der Waals surface area contributed by atoms with Gasteiger partial charge in [0.25, 0.3) is 12.3 Å². The number of nitrogens with one attached hydrogen (secondary N) is 3. The summed E-state index contributed by atoms with van der Waals surface area (Å²) < 4.78 is 55.0. The number of fused-ring (bicyclic) bond motifs is 1. The first-order valence-corrected chi connectivity index (χ1v) is 9.69. The van der Waals surface area contributed by atoms with Crippen molar-refractivity contribution in [3.8, 4) is 0 Å². The minimum atomic E-state index is -2.85. The number of aromatic nitrogens is 2. The summed E-state index contributed by atoms with van der Waals surface area (Å²) in [7, 11) is 1.47. The molecule has 0 spiro atoms. The van der Waals surface area contributed by atoms with Gasteiger partial charge in [0.15, 0.2) is 11.5 Å². The molecule has 9 nitrogen and oxygen atoms in total. The number of carbonyl (C=O) groups is 1. The molecular formula is C18H22F4N8O. The van der Waals surface area contributed by atoms with Gasteiger partial charge in [-0.25, -0.2) is 28.0 Å². The molecule has 168 valence electrons. The summed E-state index contributed by atoms with van der Waals surface area (Å²) in [5, 5.41) is 10.5. The summed E-state index contributed by atoms with van der Waals surface area (Å²) in [6.07, 6.45) is 1.12. The number of anilines is 1. The largest absolute Gasteiger partial charge is 0.365 e. The maximum atomic E-state index is 13.8. The molecule has 1 fully saturated rings. The number of amidine groups is 1. The van der Waals surface area contributed by atoms with Gasteiger partial charge in [0, 0.05) is 50.9 Å². The Hall–Kier alpha value is -2.93. The van der Waals surface area contributed by atoms with Gasteiger partial charge >= 0.3 is 0 Å². The Morgan fingerprint density at radius 3 is 2.94 bits per heavy atom. The van der Waals surface area contributed by atoms with Gasteiger partial charge in [0.2, 0.25) is 5.92 Å². The van der Waals surface area contributed by atoms with Crippen molar-refractivity contribution in [2.24, 2.45) is 17.8 Å². The molecule has 2 atom stereocenters. The van der Waals surface area contributed by atoms with Crippen molar-refractivity contribution < 1.29 is 22.4 Å². The highest BCUT2D eigenvalue weighted by atomic mass is 19.3. The molecule has 5 N–H and O–H groups in total.